The number of amides is 1. The molecular formula is C17H20F2N4O2. The van der Waals surface area contributed by atoms with E-state index in [0.717, 1.165) is 17.7 Å². The van der Waals surface area contributed by atoms with Gasteiger partial charge in [-0.1, -0.05) is 6.07 Å². The number of carbonyl (C=O) groups excluding carboxylic acids is 1. The maximum Gasteiger partial charge on any atom is 0.244 e. The van der Waals surface area contributed by atoms with E-state index in [9.17, 15) is 13.6 Å². The maximum absolute atomic E-state index is 13.5. The molecule has 2 aromatic rings. The molecule has 8 heteroatoms. The number of carbonyl (C=O) groups is 1. The van der Waals surface area contributed by atoms with Crippen molar-refractivity contribution in [2.45, 2.75) is 12.1 Å². The Labute approximate surface area is 144 Å². The largest absolute Gasteiger partial charge is 0.370 e. The molecule has 1 N–H and O–H groups in total. The van der Waals surface area contributed by atoms with Crippen LogP contribution in [0.1, 0.15) is 23.3 Å². The molecule has 1 aromatic heterocycles. The summed E-state index contributed by atoms with van der Waals surface area (Å²) in [5.41, 5.74) is 1.28. The van der Waals surface area contributed by atoms with Crippen LogP contribution in [0, 0.1) is 11.6 Å². The lowest BCUT2D eigenvalue weighted by molar-refractivity contribution is -0.141. The van der Waals surface area contributed by atoms with E-state index >= 15 is 0 Å². The highest BCUT2D eigenvalue weighted by Gasteiger charge is 2.31. The average molecular weight is 350 g/mol. The summed E-state index contributed by atoms with van der Waals surface area (Å²) in [6, 6.07) is 3.15. The van der Waals surface area contributed by atoms with Gasteiger partial charge in [-0.3, -0.25) is 9.48 Å². The number of likely N-dealkylation sites (N-methyl/N-ethyl adjacent to an activating group) is 1. The van der Waals surface area contributed by atoms with E-state index in [2.05, 4.69) is 10.4 Å². The van der Waals surface area contributed by atoms with E-state index in [-0.39, 0.29) is 12.5 Å². The van der Waals surface area contributed by atoms with Crippen molar-refractivity contribution < 1.29 is 18.3 Å². The molecule has 0 bridgehead atoms. The number of rotatable bonds is 4. The van der Waals surface area contributed by atoms with Gasteiger partial charge in [-0.2, -0.15) is 5.10 Å². The molecule has 0 aliphatic carbocycles. The summed E-state index contributed by atoms with van der Waals surface area (Å²) < 4.78 is 33.9. The van der Waals surface area contributed by atoms with Crippen molar-refractivity contribution in [2.75, 3.05) is 26.7 Å². The Balaban J connectivity index is 1.75. The standard InChI is InChI=1S/C17H20F2N4O2/c1-20-16(12-8-21-22(2)9-12)17(24)23-5-6-25-15(10-23)11-3-4-13(18)14(19)7-11/h3-4,7-9,15-16,20H,5-6,10H2,1-2H3. The molecule has 2 heterocycles. The average Bonchev–Trinajstić information content (AvgIpc) is 3.04. The number of aromatic nitrogens is 2. The summed E-state index contributed by atoms with van der Waals surface area (Å²) in [5, 5.41) is 7.10. The molecular weight excluding hydrogens is 330 g/mol. The fourth-order valence-corrected chi connectivity index (χ4v) is 2.97. The van der Waals surface area contributed by atoms with E-state index < -0.39 is 23.8 Å². The molecule has 1 aliphatic heterocycles. The summed E-state index contributed by atoms with van der Waals surface area (Å²) >= 11 is 0. The van der Waals surface area contributed by atoms with E-state index in [1.54, 1.807) is 36.1 Å². The van der Waals surface area contributed by atoms with Crippen LogP contribution in [0.5, 0.6) is 0 Å². The van der Waals surface area contributed by atoms with Crippen molar-refractivity contribution in [3.63, 3.8) is 0 Å². The van der Waals surface area contributed by atoms with Gasteiger partial charge in [0.1, 0.15) is 12.1 Å². The number of halogens is 2. The molecule has 25 heavy (non-hydrogen) atoms. The molecule has 1 aromatic carbocycles. The Morgan fingerprint density at radius 2 is 2.20 bits per heavy atom. The van der Waals surface area contributed by atoms with Crippen molar-refractivity contribution >= 4 is 5.91 Å². The minimum Gasteiger partial charge on any atom is -0.370 e. The Bertz CT molecular complexity index is 765. The van der Waals surface area contributed by atoms with E-state index in [1.165, 1.54) is 6.07 Å². The van der Waals surface area contributed by atoms with Gasteiger partial charge >= 0.3 is 0 Å². The zero-order valence-electron chi connectivity index (χ0n) is 14.1. The minimum absolute atomic E-state index is 0.105. The van der Waals surface area contributed by atoms with Gasteiger partial charge < -0.3 is 15.0 Å². The van der Waals surface area contributed by atoms with Gasteiger partial charge in [-0.25, -0.2) is 8.78 Å². The summed E-state index contributed by atoms with van der Waals surface area (Å²) in [6.07, 6.45) is 2.94. The van der Waals surface area contributed by atoms with Gasteiger partial charge in [-0.15, -0.1) is 0 Å². The van der Waals surface area contributed by atoms with Crippen LogP contribution in [0.3, 0.4) is 0 Å². The molecule has 1 fully saturated rings. The topological polar surface area (TPSA) is 59.4 Å². The van der Waals surface area contributed by atoms with Gasteiger partial charge in [0, 0.05) is 25.4 Å². The van der Waals surface area contributed by atoms with Gasteiger partial charge in [0.15, 0.2) is 11.6 Å². The van der Waals surface area contributed by atoms with Crippen molar-refractivity contribution in [3.05, 3.63) is 53.4 Å². The molecule has 134 valence electrons. The second-order valence-electron chi connectivity index (χ2n) is 5.99. The number of hydrogen-bond acceptors (Lipinski definition) is 4. The number of nitrogens with one attached hydrogen (secondary N) is 1. The summed E-state index contributed by atoms with van der Waals surface area (Å²) in [5.74, 6) is -1.93. The van der Waals surface area contributed by atoms with Crippen molar-refractivity contribution in [3.8, 4) is 0 Å². The quantitative estimate of drug-likeness (QED) is 0.909. The molecule has 1 amide bonds. The first kappa shape index (κ1) is 17.5. The smallest absolute Gasteiger partial charge is 0.244 e. The van der Waals surface area contributed by atoms with Crippen LogP contribution in [0.2, 0.25) is 0 Å². The Morgan fingerprint density at radius 1 is 1.40 bits per heavy atom. The Hall–Kier alpha value is -2.32. The Kier molecular flexibility index (Phi) is 5.10. The summed E-state index contributed by atoms with van der Waals surface area (Å²) in [7, 11) is 3.50. The van der Waals surface area contributed by atoms with Gasteiger partial charge in [0.2, 0.25) is 5.91 Å². The molecule has 0 radical (unpaired) electrons. The highest BCUT2D eigenvalue weighted by atomic mass is 19.2. The highest BCUT2D eigenvalue weighted by molar-refractivity contribution is 5.83. The van der Waals surface area contributed by atoms with E-state index in [1.807, 2.05) is 0 Å². The molecule has 6 nitrogen and oxygen atoms in total. The first-order valence-electron chi connectivity index (χ1n) is 8.00. The third kappa shape index (κ3) is 3.69. The zero-order chi connectivity index (χ0) is 18.0. The van der Waals surface area contributed by atoms with E-state index in [4.69, 9.17) is 4.74 Å². The van der Waals surface area contributed by atoms with Crippen LogP contribution in [-0.4, -0.2) is 47.3 Å². The molecule has 0 spiro atoms. The van der Waals surface area contributed by atoms with Crippen LogP contribution in [0.15, 0.2) is 30.6 Å². The predicted octanol–water partition coefficient (Wildman–Crippen LogP) is 1.56. The monoisotopic (exact) mass is 350 g/mol. The first-order valence-corrected chi connectivity index (χ1v) is 8.00. The number of benzene rings is 1. The lowest BCUT2D eigenvalue weighted by Crippen LogP contribution is -2.46. The number of hydrogen-bond donors (Lipinski definition) is 1. The number of morpholine rings is 1. The molecule has 2 atom stereocenters. The van der Waals surface area contributed by atoms with Gasteiger partial charge in [0.05, 0.1) is 19.3 Å². The predicted molar refractivity (Wildman–Crippen MR) is 86.6 cm³/mol. The first-order chi connectivity index (χ1) is 12.0. The number of ether oxygens (including phenoxy) is 1. The number of nitrogens with zero attached hydrogens (tertiary/aromatic N) is 3. The lowest BCUT2D eigenvalue weighted by Gasteiger charge is -2.35. The van der Waals surface area contributed by atoms with E-state index in [0.29, 0.717) is 18.7 Å². The molecule has 2 unspecified atom stereocenters. The zero-order valence-corrected chi connectivity index (χ0v) is 14.1. The lowest BCUT2D eigenvalue weighted by atomic mass is 10.1. The van der Waals surface area contributed by atoms with Crippen LogP contribution >= 0.6 is 0 Å². The minimum atomic E-state index is -0.923. The SMILES string of the molecule is CNC(C(=O)N1CCOC(c2ccc(F)c(F)c2)C1)c1cnn(C)c1. The molecule has 3 rings (SSSR count). The number of aryl methyl sites for hydroxylation is 1. The van der Waals surface area contributed by atoms with Crippen molar-refractivity contribution in [1.82, 2.24) is 20.0 Å². The highest BCUT2D eigenvalue weighted by Crippen LogP contribution is 2.25. The second kappa shape index (κ2) is 7.28. The van der Waals surface area contributed by atoms with Gasteiger partial charge in [-0.05, 0) is 24.7 Å². The normalized spacial score (nSPS) is 19.0. The van der Waals surface area contributed by atoms with Crippen LogP contribution < -0.4 is 5.32 Å². The third-order valence-corrected chi connectivity index (χ3v) is 4.29. The summed E-state index contributed by atoms with van der Waals surface area (Å²) in [4.78, 5) is 14.5. The fraction of sp³-hybridized carbons (Fsp3) is 0.412. The van der Waals surface area contributed by atoms with Crippen LogP contribution in [0.4, 0.5) is 8.78 Å². The van der Waals surface area contributed by atoms with Gasteiger partial charge in [0.25, 0.3) is 0 Å². The fourth-order valence-electron chi connectivity index (χ4n) is 2.97. The van der Waals surface area contributed by atoms with Crippen LogP contribution in [-0.2, 0) is 16.6 Å². The van der Waals surface area contributed by atoms with Crippen molar-refractivity contribution in [1.29, 1.82) is 0 Å². The second-order valence-corrected chi connectivity index (χ2v) is 5.99. The Morgan fingerprint density at radius 3 is 2.84 bits per heavy atom. The molecule has 0 saturated carbocycles. The molecule has 1 aliphatic rings. The maximum atomic E-state index is 13.5. The van der Waals surface area contributed by atoms with Crippen molar-refractivity contribution in [2.24, 2.45) is 7.05 Å². The summed E-state index contributed by atoms with van der Waals surface area (Å²) in [6.45, 7) is 1.05. The van der Waals surface area contributed by atoms with Crippen LogP contribution in [0.25, 0.3) is 0 Å². The molecule has 1 saturated heterocycles. The third-order valence-electron chi connectivity index (χ3n) is 4.29.